The first-order valence-corrected chi connectivity index (χ1v) is 6.63. The Kier molecular flexibility index (Phi) is 3.39. The Labute approximate surface area is 117 Å². The van der Waals surface area contributed by atoms with Gasteiger partial charge in [0.25, 0.3) is 0 Å². The van der Waals surface area contributed by atoms with Gasteiger partial charge in [-0.15, -0.1) is 0 Å². The first-order chi connectivity index (χ1) is 9.80. The third kappa shape index (κ3) is 2.38. The molecular formula is C16H17N3O. The van der Waals surface area contributed by atoms with Gasteiger partial charge in [0.2, 0.25) is 0 Å². The molecule has 0 aliphatic rings. The fourth-order valence-corrected chi connectivity index (χ4v) is 2.29. The molecule has 3 N–H and O–H groups in total. The van der Waals surface area contributed by atoms with Crippen LogP contribution in [-0.2, 0) is 6.42 Å². The molecule has 2 aromatic carbocycles. The monoisotopic (exact) mass is 267 g/mol. The molecule has 0 saturated carbocycles. The van der Waals surface area contributed by atoms with Crippen LogP contribution >= 0.6 is 0 Å². The highest BCUT2D eigenvalue weighted by Gasteiger charge is 2.06. The lowest BCUT2D eigenvalue weighted by Gasteiger charge is -2.01. The molecular weight excluding hydrogens is 250 g/mol. The number of rotatable bonds is 4. The summed E-state index contributed by atoms with van der Waals surface area (Å²) in [5.41, 5.74) is 9.82. The SMILES string of the molecule is COc1ccc2nc(-c3cccc(CCN)c3)[nH]c2c1. The van der Waals surface area contributed by atoms with E-state index in [0.29, 0.717) is 6.54 Å². The van der Waals surface area contributed by atoms with E-state index in [-0.39, 0.29) is 0 Å². The summed E-state index contributed by atoms with van der Waals surface area (Å²) in [5.74, 6) is 1.69. The van der Waals surface area contributed by atoms with Gasteiger partial charge in [0.15, 0.2) is 0 Å². The first kappa shape index (κ1) is 12.7. The molecule has 102 valence electrons. The van der Waals surface area contributed by atoms with Crippen LogP contribution in [0.4, 0.5) is 0 Å². The second-order valence-corrected chi connectivity index (χ2v) is 4.71. The molecule has 0 bridgehead atoms. The van der Waals surface area contributed by atoms with Gasteiger partial charge < -0.3 is 15.5 Å². The molecule has 3 rings (SSSR count). The van der Waals surface area contributed by atoms with Crippen molar-refractivity contribution in [3.05, 3.63) is 48.0 Å². The fourth-order valence-electron chi connectivity index (χ4n) is 2.29. The molecule has 0 radical (unpaired) electrons. The van der Waals surface area contributed by atoms with Crippen molar-refractivity contribution in [3.8, 4) is 17.1 Å². The van der Waals surface area contributed by atoms with Crippen molar-refractivity contribution in [3.63, 3.8) is 0 Å². The predicted octanol–water partition coefficient (Wildman–Crippen LogP) is 2.74. The van der Waals surface area contributed by atoms with E-state index in [9.17, 15) is 0 Å². The van der Waals surface area contributed by atoms with E-state index in [1.54, 1.807) is 7.11 Å². The van der Waals surface area contributed by atoms with E-state index >= 15 is 0 Å². The normalized spacial score (nSPS) is 10.9. The van der Waals surface area contributed by atoms with E-state index in [1.165, 1.54) is 5.56 Å². The molecule has 4 nitrogen and oxygen atoms in total. The number of benzene rings is 2. The molecule has 0 aliphatic carbocycles. The number of hydrogen-bond acceptors (Lipinski definition) is 3. The van der Waals surface area contributed by atoms with Crippen LogP contribution in [0.15, 0.2) is 42.5 Å². The number of nitrogens with two attached hydrogens (primary N) is 1. The summed E-state index contributed by atoms with van der Waals surface area (Å²) in [6, 6.07) is 14.1. The lowest BCUT2D eigenvalue weighted by Crippen LogP contribution is -2.02. The Hall–Kier alpha value is -2.33. The topological polar surface area (TPSA) is 63.9 Å². The average molecular weight is 267 g/mol. The second-order valence-electron chi connectivity index (χ2n) is 4.71. The summed E-state index contributed by atoms with van der Waals surface area (Å²) in [5, 5.41) is 0. The summed E-state index contributed by atoms with van der Waals surface area (Å²) >= 11 is 0. The summed E-state index contributed by atoms with van der Waals surface area (Å²) in [7, 11) is 1.66. The van der Waals surface area contributed by atoms with Crippen molar-refractivity contribution in [1.82, 2.24) is 9.97 Å². The highest BCUT2D eigenvalue weighted by atomic mass is 16.5. The lowest BCUT2D eigenvalue weighted by atomic mass is 10.1. The highest BCUT2D eigenvalue weighted by Crippen LogP contribution is 2.24. The second kappa shape index (κ2) is 5.35. The van der Waals surface area contributed by atoms with Gasteiger partial charge in [-0.25, -0.2) is 4.98 Å². The van der Waals surface area contributed by atoms with E-state index in [1.807, 2.05) is 24.3 Å². The summed E-state index contributed by atoms with van der Waals surface area (Å²) in [4.78, 5) is 7.95. The largest absolute Gasteiger partial charge is 0.497 e. The van der Waals surface area contributed by atoms with Crippen LogP contribution in [0.3, 0.4) is 0 Å². The van der Waals surface area contributed by atoms with Gasteiger partial charge in [0.1, 0.15) is 11.6 Å². The summed E-state index contributed by atoms with van der Waals surface area (Å²) in [6.45, 7) is 0.654. The maximum Gasteiger partial charge on any atom is 0.138 e. The van der Waals surface area contributed by atoms with Gasteiger partial charge in [-0.2, -0.15) is 0 Å². The van der Waals surface area contributed by atoms with Crippen LogP contribution in [0.5, 0.6) is 5.75 Å². The molecule has 0 unspecified atom stereocenters. The maximum atomic E-state index is 5.61. The van der Waals surface area contributed by atoms with Gasteiger partial charge >= 0.3 is 0 Å². The molecule has 0 fully saturated rings. The van der Waals surface area contributed by atoms with E-state index < -0.39 is 0 Å². The van der Waals surface area contributed by atoms with Crippen LogP contribution in [0.2, 0.25) is 0 Å². The summed E-state index contributed by atoms with van der Waals surface area (Å²) < 4.78 is 5.23. The minimum Gasteiger partial charge on any atom is -0.497 e. The van der Waals surface area contributed by atoms with E-state index in [2.05, 4.69) is 28.2 Å². The molecule has 1 heterocycles. The number of H-pyrrole nitrogens is 1. The Morgan fingerprint density at radius 3 is 2.90 bits per heavy atom. The molecule has 4 heteroatoms. The minimum absolute atomic E-state index is 0.654. The van der Waals surface area contributed by atoms with Crippen molar-refractivity contribution in [1.29, 1.82) is 0 Å². The van der Waals surface area contributed by atoms with Crippen LogP contribution in [0.25, 0.3) is 22.4 Å². The van der Waals surface area contributed by atoms with Gasteiger partial charge in [-0.3, -0.25) is 0 Å². The van der Waals surface area contributed by atoms with Crippen molar-refractivity contribution in [2.24, 2.45) is 5.73 Å². The average Bonchev–Trinajstić information content (AvgIpc) is 2.90. The number of ether oxygens (including phenoxy) is 1. The number of methoxy groups -OCH3 is 1. The Balaban J connectivity index is 2.03. The number of nitrogens with zero attached hydrogens (tertiary/aromatic N) is 1. The summed E-state index contributed by atoms with van der Waals surface area (Å²) in [6.07, 6.45) is 0.877. The minimum atomic E-state index is 0.654. The predicted molar refractivity (Wildman–Crippen MR) is 80.8 cm³/mol. The van der Waals surface area contributed by atoms with E-state index in [0.717, 1.165) is 34.6 Å². The van der Waals surface area contributed by atoms with Gasteiger partial charge in [0, 0.05) is 11.6 Å². The number of hydrogen-bond donors (Lipinski definition) is 2. The molecule has 0 aliphatic heterocycles. The third-order valence-corrected chi connectivity index (χ3v) is 3.32. The number of nitrogens with one attached hydrogen (secondary N) is 1. The molecule has 1 aromatic heterocycles. The third-order valence-electron chi connectivity index (χ3n) is 3.32. The number of imidazole rings is 1. The molecule has 0 spiro atoms. The Morgan fingerprint density at radius 2 is 2.10 bits per heavy atom. The van der Waals surface area contributed by atoms with Gasteiger partial charge in [-0.05, 0) is 36.7 Å². The van der Waals surface area contributed by atoms with Crippen LogP contribution in [-0.4, -0.2) is 23.6 Å². The molecule has 3 aromatic rings. The van der Waals surface area contributed by atoms with Crippen molar-refractivity contribution < 1.29 is 4.74 Å². The first-order valence-electron chi connectivity index (χ1n) is 6.63. The van der Waals surface area contributed by atoms with Crippen molar-refractivity contribution >= 4 is 11.0 Å². The lowest BCUT2D eigenvalue weighted by molar-refractivity contribution is 0.415. The molecule has 0 saturated heterocycles. The Morgan fingerprint density at radius 1 is 1.20 bits per heavy atom. The van der Waals surface area contributed by atoms with Gasteiger partial charge in [-0.1, -0.05) is 18.2 Å². The zero-order valence-corrected chi connectivity index (χ0v) is 11.4. The standard InChI is InChI=1S/C16H17N3O/c1-20-13-5-6-14-15(10-13)19-16(18-14)12-4-2-3-11(9-12)7-8-17/h2-6,9-10H,7-8,17H2,1H3,(H,18,19). The number of aromatic nitrogens is 2. The molecule has 0 amide bonds. The molecule has 20 heavy (non-hydrogen) atoms. The fraction of sp³-hybridized carbons (Fsp3) is 0.188. The highest BCUT2D eigenvalue weighted by molar-refractivity contribution is 5.80. The maximum absolute atomic E-state index is 5.61. The van der Waals surface area contributed by atoms with Crippen LogP contribution < -0.4 is 10.5 Å². The van der Waals surface area contributed by atoms with Crippen molar-refractivity contribution in [2.45, 2.75) is 6.42 Å². The van der Waals surface area contributed by atoms with E-state index in [4.69, 9.17) is 10.5 Å². The zero-order chi connectivity index (χ0) is 13.9. The van der Waals surface area contributed by atoms with Gasteiger partial charge in [0.05, 0.1) is 18.1 Å². The number of fused-ring (bicyclic) bond motifs is 1. The van der Waals surface area contributed by atoms with Crippen molar-refractivity contribution in [2.75, 3.05) is 13.7 Å². The van der Waals surface area contributed by atoms with Crippen LogP contribution in [0.1, 0.15) is 5.56 Å². The zero-order valence-electron chi connectivity index (χ0n) is 11.4. The smallest absolute Gasteiger partial charge is 0.138 e. The number of aromatic amines is 1. The molecule has 0 atom stereocenters. The Bertz CT molecular complexity index is 733. The quantitative estimate of drug-likeness (QED) is 0.764. The van der Waals surface area contributed by atoms with Crippen LogP contribution in [0, 0.1) is 0 Å².